The van der Waals surface area contributed by atoms with Gasteiger partial charge in [0.2, 0.25) is 5.91 Å². The lowest BCUT2D eigenvalue weighted by Gasteiger charge is -2.46. The molecular formula is C18H22N2O4. The van der Waals surface area contributed by atoms with Crippen LogP contribution < -0.4 is 10.6 Å². The third kappa shape index (κ3) is 2.13. The van der Waals surface area contributed by atoms with Crippen LogP contribution in [0.15, 0.2) is 41.6 Å². The van der Waals surface area contributed by atoms with Crippen molar-refractivity contribution in [2.75, 3.05) is 7.11 Å². The molecule has 1 fully saturated rings. The smallest absolute Gasteiger partial charge is 0.336 e. The zero-order valence-electron chi connectivity index (χ0n) is 14.2. The van der Waals surface area contributed by atoms with E-state index in [0.717, 1.165) is 5.56 Å². The fourth-order valence-corrected chi connectivity index (χ4v) is 3.85. The maximum atomic E-state index is 12.7. The number of aliphatic hydroxyl groups is 1. The molecule has 6 nitrogen and oxygen atoms in total. The number of ether oxygens (including phenoxy) is 1. The van der Waals surface area contributed by atoms with E-state index in [4.69, 9.17) is 4.74 Å². The second kappa shape index (κ2) is 5.34. The van der Waals surface area contributed by atoms with Gasteiger partial charge in [0, 0.05) is 11.6 Å². The van der Waals surface area contributed by atoms with Crippen LogP contribution in [0.1, 0.15) is 32.3 Å². The molecule has 0 radical (unpaired) electrons. The molecule has 6 heteroatoms. The Morgan fingerprint density at radius 1 is 1.21 bits per heavy atom. The van der Waals surface area contributed by atoms with Crippen molar-refractivity contribution in [1.82, 2.24) is 10.6 Å². The number of carbonyl (C=O) groups is 2. The number of esters is 1. The molecule has 1 amide bonds. The van der Waals surface area contributed by atoms with E-state index in [-0.39, 0.29) is 5.91 Å². The van der Waals surface area contributed by atoms with Crippen molar-refractivity contribution in [1.29, 1.82) is 0 Å². The van der Waals surface area contributed by atoms with Gasteiger partial charge >= 0.3 is 5.97 Å². The van der Waals surface area contributed by atoms with E-state index in [9.17, 15) is 14.7 Å². The predicted molar refractivity (Wildman–Crippen MR) is 87.7 cm³/mol. The summed E-state index contributed by atoms with van der Waals surface area (Å²) in [6.07, 6.45) is 0. The molecule has 3 N–H and O–H groups in total. The lowest BCUT2D eigenvalue weighted by atomic mass is 9.69. The Kier molecular flexibility index (Phi) is 3.68. The summed E-state index contributed by atoms with van der Waals surface area (Å²) in [5, 5.41) is 17.1. The van der Waals surface area contributed by atoms with E-state index in [2.05, 4.69) is 10.6 Å². The van der Waals surface area contributed by atoms with Crippen molar-refractivity contribution in [3.63, 3.8) is 0 Å². The first-order valence-corrected chi connectivity index (χ1v) is 7.89. The van der Waals surface area contributed by atoms with Crippen molar-refractivity contribution in [3.8, 4) is 0 Å². The van der Waals surface area contributed by atoms with Crippen LogP contribution in [0, 0.1) is 5.92 Å². The predicted octanol–water partition coefficient (Wildman–Crippen LogP) is 1.03. The lowest BCUT2D eigenvalue weighted by molar-refractivity contribution is -0.139. The Morgan fingerprint density at radius 3 is 2.42 bits per heavy atom. The van der Waals surface area contributed by atoms with E-state index in [1.54, 1.807) is 20.8 Å². The highest BCUT2D eigenvalue weighted by Gasteiger charge is 2.65. The summed E-state index contributed by atoms with van der Waals surface area (Å²) in [5.41, 5.74) is -0.725. The topological polar surface area (TPSA) is 87.7 Å². The zero-order valence-corrected chi connectivity index (χ0v) is 14.2. The molecule has 0 aliphatic carbocycles. The largest absolute Gasteiger partial charge is 0.466 e. The van der Waals surface area contributed by atoms with Crippen molar-refractivity contribution in [2.45, 2.75) is 38.0 Å². The number of carbonyl (C=O) groups excluding carboxylic acids is 2. The van der Waals surface area contributed by atoms with Gasteiger partial charge in [-0.25, -0.2) is 4.79 Å². The van der Waals surface area contributed by atoms with Crippen molar-refractivity contribution >= 4 is 11.9 Å². The summed E-state index contributed by atoms with van der Waals surface area (Å²) in [7, 11) is 1.31. The average Bonchev–Trinajstić information content (AvgIpc) is 2.70. The summed E-state index contributed by atoms with van der Waals surface area (Å²) < 4.78 is 4.93. The molecular weight excluding hydrogens is 308 g/mol. The summed E-state index contributed by atoms with van der Waals surface area (Å²) in [4.78, 5) is 25.1. The van der Waals surface area contributed by atoms with Crippen LogP contribution >= 0.6 is 0 Å². The fourth-order valence-electron chi connectivity index (χ4n) is 3.85. The number of nitrogens with one attached hydrogen (secondary N) is 2. The first-order valence-electron chi connectivity index (χ1n) is 7.89. The molecule has 0 bridgehead atoms. The van der Waals surface area contributed by atoms with E-state index in [1.807, 2.05) is 30.3 Å². The molecule has 1 aromatic carbocycles. The third-order valence-corrected chi connectivity index (χ3v) is 5.11. The maximum Gasteiger partial charge on any atom is 0.336 e. The Hall–Kier alpha value is -2.34. The quantitative estimate of drug-likeness (QED) is 0.705. The summed E-state index contributed by atoms with van der Waals surface area (Å²) in [5.74, 6) is -2.23. The van der Waals surface area contributed by atoms with Gasteiger partial charge in [0.15, 0.2) is 5.72 Å². The third-order valence-electron chi connectivity index (χ3n) is 5.11. The number of allylic oxidation sites excluding steroid dienone is 1. The summed E-state index contributed by atoms with van der Waals surface area (Å²) in [6.45, 7) is 5.24. The molecule has 128 valence electrons. The van der Waals surface area contributed by atoms with E-state index < -0.39 is 29.1 Å². The minimum absolute atomic E-state index is 0.294. The highest BCUT2D eigenvalue weighted by Crippen LogP contribution is 2.49. The lowest BCUT2D eigenvalue weighted by Crippen LogP contribution is -2.65. The molecule has 0 aromatic heterocycles. The highest BCUT2D eigenvalue weighted by atomic mass is 16.5. The Morgan fingerprint density at radius 2 is 1.83 bits per heavy atom. The van der Waals surface area contributed by atoms with Crippen LogP contribution in [0.25, 0.3) is 0 Å². The number of hydrogen-bond donors (Lipinski definition) is 3. The van der Waals surface area contributed by atoms with Gasteiger partial charge in [0.1, 0.15) is 0 Å². The molecule has 1 aromatic rings. The van der Waals surface area contributed by atoms with Gasteiger partial charge in [-0.2, -0.15) is 0 Å². The van der Waals surface area contributed by atoms with E-state index in [1.165, 1.54) is 7.11 Å². The second-order valence-electron chi connectivity index (χ2n) is 6.90. The minimum atomic E-state index is -1.51. The van der Waals surface area contributed by atoms with Crippen molar-refractivity contribution in [2.24, 2.45) is 5.92 Å². The van der Waals surface area contributed by atoms with Crippen LogP contribution in [0.3, 0.4) is 0 Å². The number of hydrogen-bond acceptors (Lipinski definition) is 5. The molecule has 1 saturated heterocycles. The SMILES string of the molecule is COC(=O)C1=C(C)NC2(O)C(C(=O)NC2(C)C)C1c1ccccc1. The number of fused-ring (bicyclic) bond motifs is 1. The van der Waals surface area contributed by atoms with Gasteiger partial charge in [-0.15, -0.1) is 0 Å². The Balaban J connectivity index is 2.25. The molecule has 3 atom stereocenters. The minimum Gasteiger partial charge on any atom is -0.466 e. The molecule has 3 unspecified atom stereocenters. The van der Waals surface area contributed by atoms with Gasteiger partial charge in [-0.1, -0.05) is 30.3 Å². The molecule has 0 saturated carbocycles. The fraction of sp³-hybridized carbons (Fsp3) is 0.444. The van der Waals surface area contributed by atoms with Crippen molar-refractivity contribution < 1.29 is 19.4 Å². The van der Waals surface area contributed by atoms with E-state index >= 15 is 0 Å². The van der Waals surface area contributed by atoms with Crippen LogP contribution in [0.2, 0.25) is 0 Å². The van der Waals surface area contributed by atoms with E-state index in [0.29, 0.717) is 11.3 Å². The maximum absolute atomic E-state index is 12.7. The molecule has 2 aliphatic rings. The molecule has 2 aliphatic heterocycles. The molecule has 24 heavy (non-hydrogen) atoms. The monoisotopic (exact) mass is 330 g/mol. The summed E-state index contributed by atoms with van der Waals surface area (Å²) in [6, 6.07) is 9.26. The van der Waals surface area contributed by atoms with Gasteiger partial charge in [-0.3, -0.25) is 4.79 Å². The number of amides is 1. The number of benzene rings is 1. The van der Waals surface area contributed by atoms with Gasteiger partial charge in [0.25, 0.3) is 0 Å². The van der Waals surface area contributed by atoms with Crippen LogP contribution in [-0.4, -0.2) is 35.4 Å². The Bertz CT molecular complexity index is 726. The standard InChI is InChI=1S/C18H22N2O4/c1-10-12(16(22)24-4)13(11-8-6-5-7-9-11)14-15(21)20-17(2,3)18(14,23)19-10/h5-9,13-14,19,23H,1-4H3,(H,20,21). The van der Waals surface area contributed by atoms with Crippen LogP contribution in [0.4, 0.5) is 0 Å². The van der Waals surface area contributed by atoms with Gasteiger partial charge < -0.3 is 20.5 Å². The van der Waals surface area contributed by atoms with Crippen LogP contribution in [0.5, 0.6) is 0 Å². The average molecular weight is 330 g/mol. The highest BCUT2D eigenvalue weighted by molar-refractivity contribution is 5.95. The summed E-state index contributed by atoms with van der Waals surface area (Å²) >= 11 is 0. The molecule has 2 heterocycles. The number of rotatable bonds is 2. The first-order chi connectivity index (χ1) is 11.2. The van der Waals surface area contributed by atoms with Crippen molar-refractivity contribution in [3.05, 3.63) is 47.2 Å². The number of methoxy groups -OCH3 is 1. The second-order valence-corrected chi connectivity index (χ2v) is 6.90. The zero-order chi connectivity index (χ0) is 17.7. The first kappa shape index (κ1) is 16.5. The van der Waals surface area contributed by atoms with Gasteiger partial charge in [-0.05, 0) is 26.3 Å². The molecule has 0 spiro atoms. The Labute approximate surface area is 140 Å². The molecule has 3 rings (SSSR count). The van der Waals surface area contributed by atoms with Gasteiger partial charge in [0.05, 0.1) is 24.1 Å². The van der Waals surface area contributed by atoms with Crippen LogP contribution in [-0.2, 0) is 14.3 Å². The normalized spacial score (nSPS) is 31.1.